The van der Waals surface area contributed by atoms with Crippen LogP contribution in [0.25, 0.3) is 5.76 Å². The predicted molar refractivity (Wildman–Crippen MR) is 54.5 cm³/mol. The van der Waals surface area contributed by atoms with E-state index >= 15 is 0 Å². The fourth-order valence-electron chi connectivity index (χ4n) is 2.01. The Morgan fingerprint density at radius 3 is 2.69 bits per heavy atom. The second kappa shape index (κ2) is 2.91. The lowest BCUT2D eigenvalue weighted by Crippen LogP contribution is -1.89. The molecule has 0 heterocycles. The zero-order valence-electron chi connectivity index (χ0n) is 8.35. The Kier molecular flexibility index (Phi) is 1.87. The van der Waals surface area contributed by atoms with Crippen LogP contribution in [0.1, 0.15) is 23.6 Å². The standard InChI is InChI=1S/C12H14O/c1-8-5-4-6-10-11(8)7-9(2)12(10)13-3/h4-6H,7H2,1-3H3. The first-order valence-corrected chi connectivity index (χ1v) is 4.56. The molecule has 0 radical (unpaired) electrons. The van der Waals surface area contributed by atoms with Gasteiger partial charge in [0.05, 0.1) is 7.11 Å². The first-order chi connectivity index (χ1) is 6.24. The lowest BCUT2D eigenvalue weighted by Gasteiger charge is -2.05. The van der Waals surface area contributed by atoms with E-state index in [2.05, 4.69) is 32.0 Å². The molecular weight excluding hydrogens is 160 g/mol. The van der Waals surface area contributed by atoms with Crippen molar-refractivity contribution in [2.45, 2.75) is 20.3 Å². The van der Waals surface area contributed by atoms with Crippen LogP contribution >= 0.6 is 0 Å². The molecule has 0 saturated heterocycles. The van der Waals surface area contributed by atoms with Crippen molar-refractivity contribution in [3.63, 3.8) is 0 Å². The first kappa shape index (κ1) is 8.36. The maximum Gasteiger partial charge on any atom is 0.125 e. The molecule has 0 atom stereocenters. The van der Waals surface area contributed by atoms with Crippen molar-refractivity contribution >= 4 is 5.76 Å². The monoisotopic (exact) mass is 174 g/mol. The lowest BCUT2D eigenvalue weighted by molar-refractivity contribution is 0.368. The van der Waals surface area contributed by atoms with Gasteiger partial charge in [-0.3, -0.25) is 0 Å². The molecule has 0 fully saturated rings. The molecule has 1 heteroatoms. The third-order valence-electron chi connectivity index (χ3n) is 2.69. The number of fused-ring (bicyclic) bond motifs is 1. The Hall–Kier alpha value is -1.24. The molecule has 0 aliphatic heterocycles. The van der Waals surface area contributed by atoms with Gasteiger partial charge < -0.3 is 4.74 Å². The summed E-state index contributed by atoms with van der Waals surface area (Å²) < 4.78 is 5.38. The van der Waals surface area contributed by atoms with Gasteiger partial charge in [0.25, 0.3) is 0 Å². The molecule has 0 bridgehead atoms. The third-order valence-corrected chi connectivity index (χ3v) is 2.69. The van der Waals surface area contributed by atoms with Gasteiger partial charge in [0, 0.05) is 5.56 Å². The van der Waals surface area contributed by atoms with Crippen LogP contribution in [0.4, 0.5) is 0 Å². The zero-order valence-corrected chi connectivity index (χ0v) is 8.35. The number of benzene rings is 1. The van der Waals surface area contributed by atoms with Crippen molar-refractivity contribution in [2.24, 2.45) is 0 Å². The molecule has 1 aromatic carbocycles. The molecule has 1 aliphatic rings. The summed E-state index contributed by atoms with van der Waals surface area (Å²) in [6.07, 6.45) is 1.05. The number of aryl methyl sites for hydroxylation is 1. The number of hydrogen-bond acceptors (Lipinski definition) is 1. The summed E-state index contributed by atoms with van der Waals surface area (Å²) in [5, 5.41) is 0. The molecular formula is C12H14O. The molecule has 1 nitrogen and oxygen atoms in total. The normalized spacial score (nSPS) is 14.7. The molecule has 0 spiro atoms. The summed E-state index contributed by atoms with van der Waals surface area (Å²) in [7, 11) is 1.75. The summed E-state index contributed by atoms with van der Waals surface area (Å²) in [5.74, 6) is 1.07. The number of hydrogen-bond donors (Lipinski definition) is 0. The average Bonchev–Trinajstić information content (AvgIpc) is 2.43. The van der Waals surface area contributed by atoms with E-state index in [0.29, 0.717) is 0 Å². The van der Waals surface area contributed by atoms with Crippen LogP contribution in [-0.4, -0.2) is 7.11 Å². The Morgan fingerprint density at radius 1 is 1.23 bits per heavy atom. The maximum absolute atomic E-state index is 5.38. The fourth-order valence-corrected chi connectivity index (χ4v) is 2.01. The van der Waals surface area contributed by atoms with E-state index in [0.717, 1.165) is 12.2 Å². The van der Waals surface area contributed by atoms with Crippen LogP contribution in [0.15, 0.2) is 23.8 Å². The van der Waals surface area contributed by atoms with Crippen molar-refractivity contribution < 1.29 is 4.74 Å². The van der Waals surface area contributed by atoms with Crippen LogP contribution in [-0.2, 0) is 11.2 Å². The molecule has 1 aliphatic carbocycles. The Labute approximate surface area is 79.0 Å². The van der Waals surface area contributed by atoms with Crippen LogP contribution in [0.2, 0.25) is 0 Å². The van der Waals surface area contributed by atoms with Crippen LogP contribution in [0.5, 0.6) is 0 Å². The highest BCUT2D eigenvalue weighted by Crippen LogP contribution is 2.34. The highest BCUT2D eigenvalue weighted by molar-refractivity contribution is 5.72. The van der Waals surface area contributed by atoms with Crippen molar-refractivity contribution in [1.82, 2.24) is 0 Å². The van der Waals surface area contributed by atoms with Crippen molar-refractivity contribution in [3.05, 3.63) is 40.5 Å². The van der Waals surface area contributed by atoms with Crippen molar-refractivity contribution in [1.29, 1.82) is 0 Å². The van der Waals surface area contributed by atoms with Gasteiger partial charge in [-0.1, -0.05) is 18.2 Å². The van der Waals surface area contributed by atoms with E-state index in [1.165, 1.54) is 22.3 Å². The van der Waals surface area contributed by atoms with Gasteiger partial charge in [0.15, 0.2) is 0 Å². The van der Waals surface area contributed by atoms with Gasteiger partial charge in [-0.05, 0) is 37.0 Å². The zero-order chi connectivity index (χ0) is 9.42. The minimum absolute atomic E-state index is 1.05. The number of methoxy groups -OCH3 is 1. The van der Waals surface area contributed by atoms with Crippen molar-refractivity contribution in [3.8, 4) is 0 Å². The number of rotatable bonds is 1. The highest BCUT2D eigenvalue weighted by Gasteiger charge is 2.20. The summed E-state index contributed by atoms with van der Waals surface area (Å²) in [6.45, 7) is 4.29. The largest absolute Gasteiger partial charge is 0.496 e. The summed E-state index contributed by atoms with van der Waals surface area (Å²) in [5.41, 5.74) is 5.41. The molecule has 0 saturated carbocycles. The Bertz CT molecular complexity index is 375. The average molecular weight is 174 g/mol. The second-order valence-corrected chi connectivity index (χ2v) is 3.59. The first-order valence-electron chi connectivity index (χ1n) is 4.56. The Balaban J connectivity index is 2.58. The fraction of sp³-hybridized carbons (Fsp3) is 0.333. The summed E-state index contributed by atoms with van der Waals surface area (Å²) in [6, 6.07) is 6.38. The molecule has 2 rings (SSSR count). The summed E-state index contributed by atoms with van der Waals surface area (Å²) in [4.78, 5) is 0. The Morgan fingerprint density at radius 2 is 2.00 bits per heavy atom. The van der Waals surface area contributed by atoms with Gasteiger partial charge in [-0.25, -0.2) is 0 Å². The minimum Gasteiger partial charge on any atom is -0.496 e. The van der Waals surface area contributed by atoms with Gasteiger partial charge in [0.2, 0.25) is 0 Å². The molecule has 68 valence electrons. The van der Waals surface area contributed by atoms with Gasteiger partial charge in [0.1, 0.15) is 5.76 Å². The quantitative estimate of drug-likeness (QED) is 0.636. The van der Waals surface area contributed by atoms with Crippen LogP contribution in [0.3, 0.4) is 0 Å². The molecule has 0 amide bonds. The van der Waals surface area contributed by atoms with Gasteiger partial charge >= 0.3 is 0 Å². The van der Waals surface area contributed by atoms with E-state index in [1.54, 1.807) is 7.11 Å². The third kappa shape index (κ3) is 1.15. The molecule has 13 heavy (non-hydrogen) atoms. The molecule has 1 aromatic rings. The SMILES string of the molecule is COC1=C(C)Cc2c(C)cccc21. The van der Waals surface area contributed by atoms with Gasteiger partial charge in [-0.2, -0.15) is 0 Å². The number of ether oxygens (including phenoxy) is 1. The van der Waals surface area contributed by atoms with E-state index in [4.69, 9.17) is 4.74 Å². The van der Waals surface area contributed by atoms with E-state index in [1.807, 2.05) is 0 Å². The maximum atomic E-state index is 5.38. The lowest BCUT2D eigenvalue weighted by atomic mass is 10.0. The van der Waals surface area contributed by atoms with Crippen molar-refractivity contribution in [2.75, 3.05) is 7.11 Å². The molecule has 0 aromatic heterocycles. The van der Waals surface area contributed by atoms with E-state index in [-0.39, 0.29) is 0 Å². The minimum atomic E-state index is 1.05. The second-order valence-electron chi connectivity index (χ2n) is 3.59. The molecule has 0 unspecified atom stereocenters. The van der Waals surface area contributed by atoms with Crippen LogP contribution in [0, 0.1) is 6.92 Å². The van der Waals surface area contributed by atoms with E-state index in [9.17, 15) is 0 Å². The van der Waals surface area contributed by atoms with E-state index < -0.39 is 0 Å². The highest BCUT2D eigenvalue weighted by atomic mass is 16.5. The predicted octanol–water partition coefficient (Wildman–Crippen LogP) is 2.93. The smallest absolute Gasteiger partial charge is 0.125 e. The summed E-state index contributed by atoms with van der Waals surface area (Å²) >= 11 is 0. The van der Waals surface area contributed by atoms with Gasteiger partial charge in [-0.15, -0.1) is 0 Å². The van der Waals surface area contributed by atoms with Crippen LogP contribution < -0.4 is 0 Å². The number of allylic oxidation sites excluding steroid dienone is 1. The molecule has 0 N–H and O–H groups in total. The topological polar surface area (TPSA) is 9.23 Å².